The summed E-state index contributed by atoms with van der Waals surface area (Å²) in [6.45, 7) is 0.0942. The third-order valence-electron chi connectivity index (χ3n) is 0.692. The fourth-order valence-electron chi connectivity index (χ4n) is 0.278. The van der Waals surface area contributed by atoms with Crippen molar-refractivity contribution in [2.45, 2.75) is 6.32 Å². The zero-order chi connectivity index (χ0) is 7.11. The Morgan fingerprint density at radius 3 is 2.89 bits per heavy atom. The normalized spacial score (nSPS) is 8.67. The number of esters is 1. The molecule has 0 aliphatic carbocycles. The summed E-state index contributed by atoms with van der Waals surface area (Å²) in [6, 6.07) is 0. The van der Waals surface area contributed by atoms with Crippen LogP contribution < -0.4 is 5.73 Å². The van der Waals surface area contributed by atoms with Gasteiger partial charge in [0, 0.05) is 6.32 Å². The standard InChI is InChI=1S/C4H9BNO3/c1-8-4(7)2-5-9-3-6/h2-3,6H2,1H3. The second kappa shape index (κ2) is 5.59. The van der Waals surface area contributed by atoms with Crippen molar-refractivity contribution in [2.24, 2.45) is 5.73 Å². The highest BCUT2D eigenvalue weighted by atomic mass is 16.5. The van der Waals surface area contributed by atoms with Crippen LogP contribution in [0.3, 0.4) is 0 Å². The van der Waals surface area contributed by atoms with Crippen molar-refractivity contribution in [2.75, 3.05) is 13.8 Å². The third kappa shape index (κ3) is 5.32. The van der Waals surface area contributed by atoms with E-state index >= 15 is 0 Å². The first-order valence-corrected chi connectivity index (χ1v) is 2.51. The average Bonchev–Trinajstić information content (AvgIpc) is 1.89. The van der Waals surface area contributed by atoms with E-state index in [0.717, 1.165) is 0 Å². The second-order valence-corrected chi connectivity index (χ2v) is 1.28. The Kier molecular flexibility index (Phi) is 5.25. The molecular formula is C4H9BNO3. The summed E-state index contributed by atoms with van der Waals surface area (Å²) in [5, 5.41) is 0. The molecule has 4 nitrogen and oxygen atoms in total. The van der Waals surface area contributed by atoms with Gasteiger partial charge in [0.25, 0.3) is 5.97 Å². The van der Waals surface area contributed by atoms with Crippen LogP contribution in [-0.4, -0.2) is 27.3 Å². The molecule has 0 saturated carbocycles. The Bertz CT molecular complexity index is 87.9. The molecule has 1 radical (unpaired) electrons. The average molecular weight is 130 g/mol. The predicted octanol–water partition coefficient (Wildman–Crippen LogP) is -0.870. The lowest BCUT2D eigenvalue weighted by Gasteiger charge is -1.95. The summed E-state index contributed by atoms with van der Waals surface area (Å²) in [4.78, 5) is 10.3. The van der Waals surface area contributed by atoms with Gasteiger partial charge in [-0.25, -0.2) is 0 Å². The maximum atomic E-state index is 10.3. The Morgan fingerprint density at radius 2 is 2.44 bits per heavy atom. The zero-order valence-electron chi connectivity index (χ0n) is 5.29. The van der Waals surface area contributed by atoms with E-state index < -0.39 is 0 Å². The van der Waals surface area contributed by atoms with Gasteiger partial charge in [-0.15, -0.1) is 0 Å². The molecule has 0 bridgehead atoms. The predicted molar refractivity (Wildman–Crippen MR) is 32.7 cm³/mol. The van der Waals surface area contributed by atoms with Crippen molar-refractivity contribution in [3.8, 4) is 0 Å². The minimum atomic E-state index is -0.330. The van der Waals surface area contributed by atoms with E-state index in [1.165, 1.54) is 14.6 Å². The highest BCUT2D eigenvalue weighted by Crippen LogP contribution is 1.82. The number of carbonyl (C=O) groups excluding carboxylic acids is 1. The molecule has 0 fully saturated rings. The fourth-order valence-corrected chi connectivity index (χ4v) is 0.278. The summed E-state index contributed by atoms with van der Waals surface area (Å²) < 4.78 is 8.86. The van der Waals surface area contributed by atoms with Crippen LogP contribution in [0.4, 0.5) is 0 Å². The molecule has 0 atom stereocenters. The van der Waals surface area contributed by atoms with Gasteiger partial charge in [0.05, 0.1) is 13.8 Å². The van der Waals surface area contributed by atoms with Crippen molar-refractivity contribution in [1.82, 2.24) is 0 Å². The van der Waals surface area contributed by atoms with Gasteiger partial charge in [0.1, 0.15) is 0 Å². The topological polar surface area (TPSA) is 61.5 Å². The first-order chi connectivity index (χ1) is 4.31. The van der Waals surface area contributed by atoms with Gasteiger partial charge < -0.3 is 15.1 Å². The molecule has 0 aliphatic rings. The van der Waals surface area contributed by atoms with Crippen LogP contribution in [0.2, 0.25) is 6.32 Å². The van der Waals surface area contributed by atoms with E-state index in [0.29, 0.717) is 0 Å². The number of ether oxygens (including phenoxy) is 1. The SMILES string of the molecule is COC(=O)C[B]OCN. The molecular weight excluding hydrogens is 121 g/mol. The minimum absolute atomic E-state index is 0.0942. The summed E-state index contributed by atoms with van der Waals surface area (Å²) in [6.07, 6.45) is 0.147. The van der Waals surface area contributed by atoms with Crippen LogP contribution in [0.1, 0.15) is 0 Å². The molecule has 2 N–H and O–H groups in total. The maximum Gasteiger partial charge on any atom is 0.305 e. The molecule has 0 saturated heterocycles. The number of rotatable bonds is 4. The van der Waals surface area contributed by atoms with E-state index in [2.05, 4.69) is 9.39 Å². The van der Waals surface area contributed by atoms with E-state index in [9.17, 15) is 4.79 Å². The van der Waals surface area contributed by atoms with Gasteiger partial charge in [-0.05, 0) is 0 Å². The highest BCUT2D eigenvalue weighted by molar-refractivity contribution is 6.33. The molecule has 0 rings (SSSR count). The van der Waals surface area contributed by atoms with Gasteiger partial charge in [0.2, 0.25) is 0 Å². The summed E-state index contributed by atoms with van der Waals surface area (Å²) in [5.41, 5.74) is 4.95. The van der Waals surface area contributed by atoms with Crippen molar-refractivity contribution >= 4 is 13.5 Å². The lowest BCUT2D eigenvalue weighted by Crippen LogP contribution is -2.12. The monoisotopic (exact) mass is 130 g/mol. The van der Waals surface area contributed by atoms with Crippen LogP contribution in [0.5, 0.6) is 0 Å². The van der Waals surface area contributed by atoms with Gasteiger partial charge in [-0.3, -0.25) is 4.79 Å². The smallest absolute Gasteiger partial charge is 0.305 e. The molecule has 0 amide bonds. The van der Waals surface area contributed by atoms with Crippen LogP contribution in [0.15, 0.2) is 0 Å². The number of hydrogen-bond donors (Lipinski definition) is 1. The van der Waals surface area contributed by atoms with E-state index in [1.54, 1.807) is 0 Å². The minimum Gasteiger partial charge on any atom is -0.469 e. The van der Waals surface area contributed by atoms with Gasteiger partial charge in [-0.2, -0.15) is 0 Å². The Labute approximate surface area is 54.6 Å². The van der Waals surface area contributed by atoms with E-state index in [-0.39, 0.29) is 19.0 Å². The molecule has 0 aromatic rings. The second-order valence-electron chi connectivity index (χ2n) is 1.28. The number of methoxy groups -OCH3 is 1. The molecule has 0 heterocycles. The first-order valence-electron chi connectivity index (χ1n) is 2.51. The third-order valence-corrected chi connectivity index (χ3v) is 0.692. The number of hydrogen-bond acceptors (Lipinski definition) is 4. The summed E-state index contributed by atoms with van der Waals surface area (Å²) in [5.74, 6) is -0.330. The van der Waals surface area contributed by atoms with Gasteiger partial charge >= 0.3 is 7.48 Å². The lowest BCUT2D eigenvalue weighted by atomic mass is 9.96. The molecule has 9 heavy (non-hydrogen) atoms. The molecule has 0 unspecified atom stereocenters. The van der Waals surface area contributed by atoms with Crippen molar-refractivity contribution in [3.63, 3.8) is 0 Å². The van der Waals surface area contributed by atoms with Crippen molar-refractivity contribution in [1.29, 1.82) is 0 Å². The van der Waals surface area contributed by atoms with E-state index in [1.807, 2.05) is 0 Å². The van der Waals surface area contributed by atoms with Crippen molar-refractivity contribution < 1.29 is 14.2 Å². The number of nitrogens with two attached hydrogens (primary N) is 1. The Morgan fingerprint density at radius 1 is 1.78 bits per heavy atom. The van der Waals surface area contributed by atoms with Gasteiger partial charge in [-0.1, -0.05) is 0 Å². The summed E-state index contributed by atoms with van der Waals surface area (Å²) >= 11 is 0. The molecule has 0 aromatic heterocycles. The molecule has 0 spiro atoms. The Balaban J connectivity index is 2.97. The Hall–Kier alpha value is -0.545. The van der Waals surface area contributed by atoms with Gasteiger partial charge in [0.15, 0.2) is 0 Å². The molecule has 0 aliphatic heterocycles. The number of carbonyl (C=O) groups is 1. The fraction of sp³-hybridized carbons (Fsp3) is 0.750. The quantitative estimate of drug-likeness (QED) is 0.232. The lowest BCUT2D eigenvalue weighted by molar-refractivity contribution is -0.138. The van der Waals surface area contributed by atoms with Crippen LogP contribution in [0.25, 0.3) is 0 Å². The highest BCUT2D eigenvalue weighted by Gasteiger charge is 2.00. The molecule has 51 valence electrons. The van der Waals surface area contributed by atoms with Crippen LogP contribution in [-0.2, 0) is 14.2 Å². The van der Waals surface area contributed by atoms with Crippen LogP contribution in [0, 0.1) is 0 Å². The zero-order valence-corrected chi connectivity index (χ0v) is 5.29. The molecule has 5 heteroatoms. The largest absolute Gasteiger partial charge is 0.469 e. The van der Waals surface area contributed by atoms with Crippen molar-refractivity contribution in [3.05, 3.63) is 0 Å². The molecule has 0 aromatic carbocycles. The van der Waals surface area contributed by atoms with E-state index in [4.69, 9.17) is 5.73 Å². The van der Waals surface area contributed by atoms with Crippen LogP contribution >= 0.6 is 0 Å². The summed E-state index contributed by atoms with van der Waals surface area (Å²) in [7, 11) is 2.63. The first kappa shape index (κ1) is 8.45. The maximum absolute atomic E-state index is 10.3.